The molecule has 0 aliphatic rings. The quantitative estimate of drug-likeness (QED) is 0.794. The van der Waals surface area contributed by atoms with Crippen LogP contribution < -0.4 is 4.90 Å². The van der Waals surface area contributed by atoms with E-state index in [-0.39, 0.29) is 11.7 Å². The van der Waals surface area contributed by atoms with Crippen molar-refractivity contribution in [2.75, 3.05) is 11.9 Å². The van der Waals surface area contributed by atoms with E-state index in [2.05, 4.69) is 4.98 Å². The van der Waals surface area contributed by atoms with Gasteiger partial charge in [-0.1, -0.05) is 0 Å². The summed E-state index contributed by atoms with van der Waals surface area (Å²) < 4.78 is 15.1. The van der Waals surface area contributed by atoms with Gasteiger partial charge >= 0.3 is 0 Å². The molecule has 3 nitrogen and oxygen atoms in total. The van der Waals surface area contributed by atoms with Crippen molar-refractivity contribution in [2.24, 2.45) is 7.05 Å². The van der Waals surface area contributed by atoms with Crippen LogP contribution in [-0.4, -0.2) is 16.6 Å². The highest BCUT2D eigenvalue weighted by Gasteiger charge is 2.10. The van der Waals surface area contributed by atoms with Gasteiger partial charge in [-0.05, 0) is 23.8 Å². The van der Waals surface area contributed by atoms with E-state index in [1.807, 2.05) is 29.8 Å². The number of hydrogen-bond acceptors (Lipinski definition) is 2. The van der Waals surface area contributed by atoms with E-state index in [0.29, 0.717) is 6.54 Å². The predicted octanol–water partition coefficient (Wildman–Crippen LogP) is 2.93. The van der Waals surface area contributed by atoms with E-state index in [9.17, 15) is 4.39 Å². The second-order valence-electron chi connectivity index (χ2n) is 4.22. The summed E-state index contributed by atoms with van der Waals surface area (Å²) in [5, 5.41) is 0. The maximum atomic E-state index is 13.1. The Hall–Kier alpha value is -1.55. The number of hydrogen-bond donors (Lipinski definition) is 0. The molecule has 0 atom stereocenters. The van der Waals surface area contributed by atoms with Gasteiger partial charge in [0.15, 0.2) is 0 Å². The number of imidazole rings is 1. The lowest BCUT2D eigenvalue weighted by molar-refractivity contribution is 0.626. The summed E-state index contributed by atoms with van der Waals surface area (Å²) in [6, 6.07) is 4.66. The Bertz CT molecular complexity index is 539. The minimum atomic E-state index is -0.264. The largest absolute Gasteiger partial charge is 0.367 e. The molecule has 0 unspecified atom stereocenters. The number of anilines is 1. The first-order valence-corrected chi connectivity index (χ1v) is 6.17. The summed E-state index contributed by atoms with van der Waals surface area (Å²) in [6.45, 7) is 0.652. The number of aryl methyl sites for hydroxylation is 1. The third-order valence-electron chi connectivity index (χ3n) is 2.90. The zero-order valence-corrected chi connectivity index (χ0v) is 11.2. The van der Waals surface area contributed by atoms with Crippen molar-refractivity contribution in [1.29, 1.82) is 0 Å². The molecule has 0 aliphatic carbocycles. The lowest BCUT2D eigenvalue weighted by Crippen LogP contribution is -2.20. The molecule has 0 radical (unpaired) electrons. The first-order valence-electron chi connectivity index (χ1n) is 5.63. The van der Waals surface area contributed by atoms with E-state index in [0.717, 1.165) is 17.1 Å². The Morgan fingerprint density at radius 3 is 2.83 bits per heavy atom. The van der Waals surface area contributed by atoms with Gasteiger partial charge in [0.2, 0.25) is 0 Å². The molecular weight excluding hydrogens is 253 g/mol. The number of nitrogens with zero attached hydrogens (tertiary/aromatic N) is 3. The van der Waals surface area contributed by atoms with Gasteiger partial charge in [-0.15, -0.1) is 11.6 Å². The van der Waals surface area contributed by atoms with Gasteiger partial charge in [0.05, 0.1) is 6.54 Å². The first kappa shape index (κ1) is 12.9. The highest BCUT2D eigenvalue weighted by molar-refractivity contribution is 6.17. The van der Waals surface area contributed by atoms with Gasteiger partial charge in [0.25, 0.3) is 0 Å². The average Bonchev–Trinajstić information content (AvgIpc) is 2.74. The van der Waals surface area contributed by atoms with Crippen molar-refractivity contribution in [3.8, 4) is 0 Å². The van der Waals surface area contributed by atoms with Gasteiger partial charge in [0, 0.05) is 38.1 Å². The maximum Gasteiger partial charge on any atom is 0.127 e. The van der Waals surface area contributed by atoms with Crippen molar-refractivity contribution in [2.45, 2.75) is 12.4 Å². The minimum Gasteiger partial charge on any atom is -0.367 e. The average molecular weight is 268 g/mol. The molecule has 1 heterocycles. The maximum absolute atomic E-state index is 13.1. The lowest BCUT2D eigenvalue weighted by Gasteiger charge is -2.21. The molecule has 0 aliphatic heterocycles. The molecule has 2 rings (SSSR count). The molecule has 0 saturated heterocycles. The molecule has 0 saturated carbocycles. The number of benzene rings is 1. The Morgan fingerprint density at radius 2 is 2.22 bits per heavy atom. The third kappa shape index (κ3) is 2.64. The Labute approximate surface area is 111 Å². The highest BCUT2D eigenvalue weighted by Crippen LogP contribution is 2.23. The molecule has 5 heteroatoms. The molecule has 0 N–H and O–H groups in total. The van der Waals surface area contributed by atoms with Crippen LogP contribution in [0, 0.1) is 5.82 Å². The molecule has 0 bridgehead atoms. The second-order valence-corrected chi connectivity index (χ2v) is 4.48. The molecule has 0 spiro atoms. The van der Waals surface area contributed by atoms with Crippen molar-refractivity contribution in [1.82, 2.24) is 9.55 Å². The minimum absolute atomic E-state index is 0.264. The summed E-state index contributed by atoms with van der Waals surface area (Å²) in [4.78, 5) is 6.28. The van der Waals surface area contributed by atoms with E-state index in [1.165, 1.54) is 12.1 Å². The van der Waals surface area contributed by atoms with Crippen molar-refractivity contribution in [3.63, 3.8) is 0 Å². The van der Waals surface area contributed by atoms with E-state index in [1.54, 1.807) is 12.3 Å². The predicted molar refractivity (Wildman–Crippen MR) is 71.3 cm³/mol. The van der Waals surface area contributed by atoms with Crippen LogP contribution in [0.4, 0.5) is 10.1 Å². The fourth-order valence-electron chi connectivity index (χ4n) is 1.88. The van der Waals surface area contributed by atoms with E-state index < -0.39 is 0 Å². The standard InChI is InChI=1S/C13H15ClFN3/c1-17-6-5-16-13(17)9-18(2)12-4-3-11(15)7-10(12)8-14/h3-7H,8-9H2,1-2H3. The van der Waals surface area contributed by atoms with Crippen LogP contribution in [0.3, 0.4) is 0 Å². The van der Waals surface area contributed by atoms with Gasteiger partial charge in [-0.3, -0.25) is 0 Å². The summed E-state index contributed by atoms with van der Waals surface area (Å²) >= 11 is 5.85. The van der Waals surface area contributed by atoms with Crippen LogP contribution in [0.5, 0.6) is 0 Å². The normalized spacial score (nSPS) is 10.7. The highest BCUT2D eigenvalue weighted by atomic mass is 35.5. The molecule has 0 amide bonds. The van der Waals surface area contributed by atoms with Crippen molar-refractivity contribution >= 4 is 17.3 Å². The molecule has 1 aromatic heterocycles. The molecular formula is C13H15ClFN3. The molecule has 18 heavy (non-hydrogen) atoms. The Kier molecular flexibility index (Phi) is 3.87. The van der Waals surface area contributed by atoms with Crippen LogP contribution in [-0.2, 0) is 19.5 Å². The number of halogens is 2. The fraction of sp³-hybridized carbons (Fsp3) is 0.308. The van der Waals surface area contributed by atoms with Crippen LogP contribution in [0.1, 0.15) is 11.4 Å². The van der Waals surface area contributed by atoms with Crippen LogP contribution in [0.2, 0.25) is 0 Å². The smallest absolute Gasteiger partial charge is 0.127 e. The summed E-state index contributed by atoms with van der Waals surface area (Å²) in [7, 11) is 3.89. The SMILES string of the molecule is CN(Cc1nccn1C)c1ccc(F)cc1CCl. The number of aromatic nitrogens is 2. The van der Waals surface area contributed by atoms with Crippen LogP contribution in [0.25, 0.3) is 0 Å². The van der Waals surface area contributed by atoms with Crippen LogP contribution in [0.15, 0.2) is 30.6 Å². The van der Waals surface area contributed by atoms with Gasteiger partial charge in [-0.25, -0.2) is 9.37 Å². The second kappa shape index (κ2) is 5.40. The van der Waals surface area contributed by atoms with Crippen molar-refractivity contribution in [3.05, 3.63) is 47.8 Å². The van der Waals surface area contributed by atoms with E-state index in [4.69, 9.17) is 11.6 Å². The zero-order valence-electron chi connectivity index (χ0n) is 10.4. The van der Waals surface area contributed by atoms with Crippen molar-refractivity contribution < 1.29 is 4.39 Å². The molecule has 2 aromatic rings. The fourth-order valence-corrected chi connectivity index (χ4v) is 2.09. The van der Waals surface area contributed by atoms with E-state index >= 15 is 0 Å². The van der Waals surface area contributed by atoms with Gasteiger partial charge < -0.3 is 9.47 Å². The third-order valence-corrected chi connectivity index (χ3v) is 3.18. The number of alkyl halides is 1. The summed E-state index contributed by atoms with van der Waals surface area (Å²) in [5.41, 5.74) is 1.71. The summed E-state index contributed by atoms with van der Waals surface area (Å²) in [6.07, 6.45) is 3.66. The molecule has 1 aromatic carbocycles. The van der Waals surface area contributed by atoms with Gasteiger partial charge in [-0.2, -0.15) is 0 Å². The van der Waals surface area contributed by atoms with Gasteiger partial charge in [0.1, 0.15) is 11.6 Å². The molecule has 0 fully saturated rings. The lowest BCUT2D eigenvalue weighted by atomic mass is 10.2. The zero-order chi connectivity index (χ0) is 13.1. The monoisotopic (exact) mass is 267 g/mol. The van der Waals surface area contributed by atoms with Crippen LogP contribution >= 0.6 is 11.6 Å². The Morgan fingerprint density at radius 1 is 1.44 bits per heavy atom. The Balaban J connectivity index is 2.23. The topological polar surface area (TPSA) is 21.1 Å². The summed E-state index contributed by atoms with van der Waals surface area (Å²) in [5.74, 6) is 0.972. The number of rotatable bonds is 4. The first-order chi connectivity index (χ1) is 8.61. The molecule has 96 valence electrons.